The summed E-state index contributed by atoms with van der Waals surface area (Å²) >= 11 is 5.65. The lowest BCUT2D eigenvalue weighted by Crippen LogP contribution is -2.49. The van der Waals surface area contributed by atoms with Crippen molar-refractivity contribution in [2.24, 2.45) is 5.73 Å². The maximum absolute atomic E-state index is 13.0. The van der Waals surface area contributed by atoms with Gasteiger partial charge in [0.15, 0.2) is 0 Å². The Morgan fingerprint density at radius 1 is 1.39 bits per heavy atom. The topological polar surface area (TPSA) is 55.1 Å². The van der Waals surface area contributed by atoms with E-state index in [1.165, 1.54) is 18.2 Å². The van der Waals surface area contributed by atoms with Crippen molar-refractivity contribution in [2.75, 3.05) is 0 Å². The molecule has 0 saturated heterocycles. The molecule has 0 aromatic heterocycles. The number of rotatable bonds is 2. The van der Waals surface area contributed by atoms with Crippen LogP contribution in [0.2, 0.25) is 5.02 Å². The van der Waals surface area contributed by atoms with Gasteiger partial charge >= 0.3 is 0 Å². The Hall–Kier alpha value is -1.13. The third-order valence-electron chi connectivity index (χ3n) is 3.32. The Morgan fingerprint density at radius 2 is 2.11 bits per heavy atom. The van der Waals surface area contributed by atoms with Crippen molar-refractivity contribution in [2.45, 2.75) is 37.8 Å². The third-order valence-corrected chi connectivity index (χ3v) is 3.61. The lowest BCUT2D eigenvalue weighted by Gasteiger charge is -2.29. The molecule has 1 fully saturated rings. The van der Waals surface area contributed by atoms with Crippen molar-refractivity contribution >= 4 is 17.5 Å². The number of nitrogens with two attached hydrogens (primary N) is 1. The van der Waals surface area contributed by atoms with Crippen LogP contribution in [0.3, 0.4) is 0 Å². The fourth-order valence-corrected chi connectivity index (χ4v) is 2.41. The minimum Gasteiger partial charge on any atom is -0.348 e. The summed E-state index contributed by atoms with van der Waals surface area (Å²) in [5.74, 6) is -0.776. The number of benzene rings is 1. The van der Waals surface area contributed by atoms with Crippen molar-refractivity contribution in [3.05, 3.63) is 34.6 Å². The van der Waals surface area contributed by atoms with Crippen LogP contribution in [0.1, 0.15) is 36.0 Å². The van der Waals surface area contributed by atoms with Crippen LogP contribution < -0.4 is 11.1 Å². The van der Waals surface area contributed by atoms with Gasteiger partial charge in [-0.15, -0.1) is 0 Å². The Balaban J connectivity index is 2.04. The third kappa shape index (κ3) is 3.00. The van der Waals surface area contributed by atoms with Crippen molar-refractivity contribution in [3.63, 3.8) is 0 Å². The molecular weight excluding hydrogens is 255 g/mol. The number of hydrogen-bond acceptors (Lipinski definition) is 2. The van der Waals surface area contributed by atoms with Crippen LogP contribution in [0.5, 0.6) is 0 Å². The van der Waals surface area contributed by atoms with E-state index in [4.69, 9.17) is 17.3 Å². The van der Waals surface area contributed by atoms with Gasteiger partial charge in [-0.1, -0.05) is 24.4 Å². The van der Waals surface area contributed by atoms with Crippen LogP contribution in [-0.4, -0.2) is 18.0 Å². The Morgan fingerprint density at radius 3 is 2.78 bits per heavy atom. The minimum atomic E-state index is -0.525. The van der Waals surface area contributed by atoms with Gasteiger partial charge in [-0.25, -0.2) is 4.39 Å². The number of halogens is 2. The SMILES string of the molecule is NC1CCCCC1NC(=O)c1ccc(F)c(Cl)c1. The largest absolute Gasteiger partial charge is 0.348 e. The molecule has 0 heterocycles. The summed E-state index contributed by atoms with van der Waals surface area (Å²) < 4.78 is 13.0. The standard InChI is InChI=1S/C13H16ClFN2O/c14-9-7-8(5-6-10(9)15)13(18)17-12-4-2-1-3-11(12)16/h5-7,11-12H,1-4,16H2,(H,17,18). The first-order valence-corrected chi connectivity index (χ1v) is 6.47. The van der Waals surface area contributed by atoms with E-state index in [-0.39, 0.29) is 23.0 Å². The van der Waals surface area contributed by atoms with Gasteiger partial charge in [-0.2, -0.15) is 0 Å². The van der Waals surface area contributed by atoms with E-state index in [1.807, 2.05) is 0 Å². The molecule has 1 aromatic rings. The van der Waals surface area contributed by atoms with Gasteiger partial charge in [0.05, 0.1) is 5.02 Å². The fourth-order valence-electron chi connectivity index (χ4n) is 2.23. The lowest BCUT2D eigenvalue weighted by atomic mass is 9.91. The van der Waals surface area contributed by atoms with E-state index in [0.717, 1.165) is 25.7 Å². The molecule has 1 aromatic carbocycles. The quantitative estimate of drug-likeness (QED) is 0.867. The Kier molecular flexibility index (Phi) is 4.19. The van der Waals surface area contributed by atoms with E-state index in [9.17, 15) is 9.18 Å². The minimum absolute atomic E-state index is 0.00128. The van der Waals surface area contributed by atoms with E-state index in [0.29, 0.717) is 5.56 Å². The Labute approximate surface area is 111 Å². The van der Waals surface area contributed by atoms with Crippen molar-refractivity contribution in [3.8, 4) is 0 Å². The molecule has 2 rings (SSSR count). The average Bonchev–Trinajstić information content (AvgIpc) is 2.35. The summed E-state index contributed by atoms with van der Waals surface area (Å²) in [7, 11) is 0. The van der Waals surface area contributed by atoms with E-state index >= 15 is 0 Å². The maximum Gasteiger partial charge on any atom is 0.251 e. The second kappa shape index (κ2) is 5.67. The molecule has 1 aliphatic carbocycles. The van der Waals surface area contributed by atoms with E-state index in [1.54, 1.807) is 0 Å². The first kappa shape index (κ1) is 13.3. The molecule has 0 radical (unpaired) electrons. The van der Waals surface area contributed by atoms with Gasteiger partial charge in [0.25, 0.3) is 5.91 Å². The summed E-state index contributed by atoms with van der Waals surface area (Å²) in [5.41, 5.74) is 6.32. The molecule has 0 spiro atoms. The van der Waals surface area contributed by atoms with Gasteiger partial charge in [0.2, 0.25) is 0 Å². The smallest absolute Gasteiger partial charge is 0.251 e. The monoisotopic (exact) mass is 270 g/mol. The van der Waals surface area contributed by atoms with Crippen LogP contribution >= 0.6 is 11.6 Å². The molecule has 5 heteroatoms. The van der Waals surface area contributed by atoms with E-state index in [2.05, 4.69) is 5.32 Å². The molecule has 2 atom stereocenters. The molecule has 1 saturated carbocycles. The predicted octanol–water partition coefficient (Wildman–Crippen LogP) is 2.48. The van der Waals surface area contributed by atoms with Gasteiger partial charge in [0, 0.05) is 17.6 Å². The lowest BCUT2D eigenvalue weighted by molar-refractivity contribution is 0.0921. The van der Waals surface area contributed by atoms with Gasteiger partial charge < -0.3 is 11.1 Å². The average molecular weight is 271 g/mol. The van der Waals surface area contributed by atoms with Gasteiger partial charge in [-0.05, 0) is 31.0 Å². The van der Waals surface area contributed by atoms with Gasteiger partial charge in [-0.3, -0.25) is 4.79 Å². The second-order valence-electron chi connectivity index (χ2n) is 4.66. The first-order chi connectivity index (χ1) is 8.58. The van der Waals surface area contributed by atoms with Gasteiger partial charge in [0.1, 0.15) is 5.82 Å². The summed E-state index contributed by atoms with van der Waals surface area (Å²) in [6.07, 6.45) is 4.00. The normalized spacial score (nSPS) is 23.7. The number of amides is 1. The fraction of sp³-hybridized carbons (Fsp3) is 0.462. The number of nitrogens with one attached hydrogen (secondary N) is 1. The molecular formula is C13H16ClFN2O. The first-order valence-electron chi connectivity index (χ1n) is 6.09. The molecule has 0 aliphatic heterocycles. The Bertz CT molecular complexity index is 453. The zero-order valence-corrected chi connectivity index (χ0v) is 10.7. The molecule has 1 aliphatic rings. The highest BCUT2D eigenvalue weighted by Gasteiger charge is 2.23. The summed E-state index contributed by atoms with van der Waals surface area (Å²) in [5, 5.41) is 2.84. The highest BCUT2D eigenvalue weighted by molar-refractivity contribution is 6.31. The van der Waals surface area contributed by atoms with Crippen LogP contribution in [0.25, 0.3) is 0 Å². The molecule has 3 N–H and O–H groups in total. The summed E-state index contributed by atoms with van der Waals surface area (Å²) in [6, 6.07) is 3.94. The molecule has 3 nitrogen and oxygen atoms in total. The van der Waals surface area contributed by atoms with Crippen LogP contribution in [0.4, 0.5) is 4.39 Å². The molecule has 18 heavy (non-hydrogen) atoms. The number of hydrogen-bond donors (Lipinski definition) is 2. The zero-order valence-electron chi connectivity index (χ0n) is 9.96. The van der Waals surface area contributed by atoms with Crippen LogP contribution in [0.15, 0.2) is 18.2 Å². The maximum atomic E-state index is 13.0. The van der Waals surface area contributed by atoms with Crippen molar-refractivity contribution in [1.29, 1.82) is 0 Å². The molecule has 2 unspecified atom stereocenters. The van der Waals surface area contributed by atoms with Crippen molar-refractivity contribution < 1.29 is 9.18 Å². The zero-order chi connectivity index (χ0) is 13.1. The highest BCUT2D eigenvalue weighted by Crippen LogP contribution is 2.19. The van der Waals surface area contributed by atoms with E-state index < -0.39 is 5.82 Å². The highest BCUT2D eigenvalue weighted by atomic mass is 35.5. The van der Waals surface area contributed by atoms with Crippen LogP contribution in [-0.2, 0) is 0 Å². The molecule has 1 amide bonds. The summed E-state index contributed by atoms with van der Waals surface area (Å²) in [6.45, 7) is 0. The number of carbonyl (C=O) groups excluding carboxylic acids is 1. The van der Waals surface area contributed by atoms with Crippen LogP contribution in [0, 0.1) is 5.82 Å². The molecule has 0 bridgehead atoms. The summed E-state index contributed by atoms with van der Waals surface area (Å²) in [4.78, 5) is 12.0. The number of carbonyl (C=O) groups is 1. The molecule has 98 valence electrons. The van der Waals surface area contributed by atoms with Crippen molar-refractivity contribution in [1.82, 2.24) is 5.32 Å². The second-order valence-corrected chi connectivity index (χ2v) is 5.06. The predicted molar refractivity (Wildman–Crippen MR) is 69.1 cm³/mol.